The standard InChI is InChI=1S/C21H25F2N3O3S/c1-15(26(30(2,28)29)18-10-11-19(22)20(23)14-18)21(27)24-16-6-8-17(9-7-16)25-12-4-3-5-13-25/h6-11,14-15H,3-5,12-13H2,1-2H3,(H,24,27). The summed E-state index contributed by atoms with van der Waals surface area (Å²) in [5.74, 6) is -2.88. The van der Waals surface area contributed by atoms with Crippen molar-refractivity contribution in [3.63, 3.8) is 0 Å². The molecule has 1 N–H and O–H groups in total. The van der Waals surface area contributed by atoms with Gasteiger partial charge in [0.25, 0.3) is 0 Å². The Hall–Kier alpha value is -2.68. The van der Waals surface area contributed by atoms with Crippen LogP contribution in [0.3, 0.4) is 0 Å². The molecule has 0 aromatic heterocycles. The van der Waals surface area contributed by atoms with E-state index < -0.39 is 33.6 Å². The summed E-state index contributed by atoms with van der Waals surface area (Å²) in [4.78, 5) is 15.0. The number of benzene rings is 2. The number of nitrogens with one attached hydrogen (secondary N) is 1. The molecule has 1 atom stereocenters. The summed E-state index contributed by atoms with van der Waals surface area (Å²) >= 11 is 0. The van der Waals surface area contributed by atoms with Crippen LogP contribution in [-0.4, -0.2) is 39.7 Å². The summed E-state index contributed by atoms with van der Waals surface area (Å²) < 4.78 is 52.2. The second-order valence-corrected chi connectivity index (χ2v) is 9.28. The van der Waals surface area contributed by atoms with Crippen LogP contribution >= 0.6 is 0 Å². The van der Waals surface area contributed by atoms with Crippen LogP contribution in [0.1, 0.15) is 26.2 Å². The van der Waals surface area contributed by atoms with Gasteiger partial charge in [-0.3, -0.25) is 9.10 Å². The van der Waals surface area contributed by atoms with Gasteiger partial charge >= 0.3 is 0 Å². The highest BCUT2D eigenvalue weighted by Gasteiger charge is 2.30. The van der Waals surface area contributed by atoms with Gasteiger partial charge in [-0.2, -0.15) is 0 Å². The van der Waals surface area contributed by atoms with E-state index in [-0.39, 0.29) is 5.69 Å². The van der Waals surface area contributed by atoms with Crippen LogP contribution in [0.15, 0.2) is 42.5 Å². The lowest BCUT2D eigenvalue weighted by Gasteiger charge is -2.29. The van der Waals surface area contributed by atoms with E-state index in [4.69, 9.17) is 0 Å². The molecule has 1 unspecified atom stereocenters. The van der Waals surface area contributed by atoms with Crippen molar-refractivity contribution in [1.82, 2.24) is 0 Å². The molecule has 0 spiro atoms. The average Bonchev–Trinajstić information content (AvgIpc) is 2.71. The van der Waals surface area contributed by atoms with Crippen LogP contribution in [-0.2, 0) is 14.8 Å². The molecule has 2 aromatic rings. The average molecular weight is 438 g/mol. The minimum absolute atomic E-state index is 0.125. The highest BCUT2D eigenvalue weighted by atomic mass is 32.2. The van der Waals surface area contributed by atoms with Gasteiger partial charge in [-0.15, -0.1) is 0 Å². The molecule has 0 saturated carbocycles. The quantitative estimate of drug-likeness (QED) is 0.747. The molecule has 1 fully saturated rings. The number of hydrogen-bond donors (Lipinski definition) is 1. The lowest BCUT2D eigenvalue weighted by Crippen LogP contribution is -2.45. The van der Waals surface area contributed by atoms with E-state index in [1.54, 1.807) is 12.1 Å². The van der Waals surface area contributed by atoms with Crippen molar-refractivity contribution in [3.8, 4) is 0 Å². The minimum atomic E-state index is -3.93. The maximum absolute atomic E-state index is 13.6. The number of sulfonamides is 1. The SMILES string of the molecule is CC(C(=O)Nc1ccc(N2CCCCC2)cc1)N(c1ccc(F)c(F)c1)S(C)(=O)=O. The summed E-state index contributed by atoms with van der Waals surface area (Å²) in [6.07, 6.45) is 4.45. The normalized spacial score (nSPS) is 15.5. The molecular formula is C21H25F2N3O3S. The lowest BCUT2D eigenvalue weighted by molar-refractivity contribution is -0.116. The molecule has 162 valence electrons. The topological polar surface area (TPSA) is 69.7 Å². The number of carbonyl (C=O) groups excluding carboxylic acids is 1. The number of rotatable bonds is 6. The van der Waals surface area contributed by atoms with E-state index in [0.717, 1.165) is 60.4 Å². The molecule has 1 amide bonds. The number of amides is 1. The predicted octanol–water partition coefficient (Wildman–Crippen LogP) is 3.75. The molecule has 0 radical (unpaired) electrons. The fraction of sp³-hybridized carbons (Fsp3) is 0.381. The van der Waals surface area contributed by atoms with Crippen LogP contribution in [0.4, 0.5) is 25.8 Å². The second-order valence-electron chi connectivity index (χ2n) is 7.42. The Balaban J connectivity index is 1.76. The second kappa shape index (κ2) is 8.99. The van der Waals surface area contributed by atoms with E-state index in [9.17, 15) is 22.0 Å². The van der Waals surface area contributed by atoms with Crippen LogP contribution in [0.25, 0.3) is 0 Å². The number of nitrogens with zero attached hydrogens (tertiary/aromatic N) is 2. The van der Waals surface area contributed by atoms with Gasteiger partial charge in [0, 0.05) is 30.5 Å². The minimum Gasteiger partial charge on any atom is -0.372 e. The van der Waals surface area contributed by atoms with E-state index in [0.29, 0.717) is 5.69 Å². The molecule has 0 bridgehead atoms. The van der Waals surface area contributed by atoms with Crippen LogP contribution in [0, 0.1) is 11.6 Å². The van der Waals surface area contributed by atoms with E-state index >= 15 is 0 Å². The van der Waals surface area contributed by atoms with Gasteiger partial charge in [-0.1, -0.05) is 0 Å². The largest absolute Gasteiger partial charge is 0.372 e. The highest BCUT2D eigenvalue weighted by molar-refractivity contribution is 7.92. The molecule has 6 nitrogen and oxygen atoms in total. The molecule has 30 heavy (non-hydrogen) atoms. The van der Waals surface area contributed by atoms with Crippen LogP contribution in [0.2, 0.25) is 0 Å². The summed E-state index contributed by atoms with van der Waals surface area (Å²) in [5.41, 5.74) is 1.46. The molecule has 3 rings (SSSR count). The molecule has 0 aliphatic carbocycles. The Kier molecular flexibility index (Phi) is 6.60. The Morgan fingerprint density at radius 1 is 1.03 bits per heavy atom. The Bertz CT molecular complexity index is 1010. The Morgan fingerprint density at radius 3 is 2.23 bits per heavy atom. The summed E-state index contributed by atoms with van der Waals surface area (Å²) in [6.45, 7) is 3.39. The number of piperidine rings is 1. The van der Waals surface area contributed by atoms with Crippen molar-refractivity contribution in [1.29, 1.82) is 0 Å². The van der Waals surface area contributed by atoms with Crippen molar-refractivity contribution in [2.24, 2.45) is 0 Å². The number of carbonyl (C=O) groups is 1. The first-order valence-electron chi connectivity index (χ1n) is 9.77. The molecule has 9 heteroatoms. The van der Waals surface area contributed by atoms with Crippen molar-refractivity contribution < 1.29 is 22.0 Å². The zero-order valence-corrected chi connectivity index (χ0v) is 17.8. The highest BCUT2D eigenvalue weighted by Crippen LogP contribution is 2.25. The third kappa shape index (κ3) is 5.08. The van der Waals surface area contributed by atoms with Gasteiger partial charge in [0.1, 0.15) is 6.04 Å². The first-order chi connectivity index (χ1) is 14.2. The van der Waals surface area contributed by atoms with Gasteiger partial charge < -0.3 is 10.2 Å². The van der Waals surface area contributed by atoms with Crippen LogP contribution in [0.5, 0.6) is 0 Å². The van der Waals surface area contributed by atoms with E-state index in [1.807, 2.05) is 12.1 Å². The first-order valence-corrected chi connectivity index (χ1v) is 11.6. The predicted molar refractivity (Wildman–Crippen MR) is 114 cm³/mol. The molecule has 1 heterocycles. The number of hydrogen-bond acceptors (Lipinski definition) is 4. The monoisotopic (exact) mass is 437 g/mol. The first kappa shape index (κ1) is 22.0. The van der Waals surface area contributed by atoms with Crippen molar-refractivity contribution >= 4 is 33.0 Å². The smallest absolute Gasteiger partial charge is 0.247 e. The number of anilines is 3. The van der Waals surface area contributed by atoms with Crippen LogP contribution < -0.4 is 14.5 Å². The molecule has 1 aliphatic rings. The van der Waals surface area contributed by atoms with Gasteiger partial charge in [-0.25, -0.2) is 17.2 Å². The Labute approximate surface area is 175 Å². The summed E-state index contributed by atoms with van der Waals surface area (Å²) in [7, 11) is -3.93. The van der Waals surface area contributed by atoms with E-state index in [2.05, 4.69) is 10.2 Å². The lowest BCUT2D eigenvalue weighted by atomic mass is 10.1. The van der Waals surface area contributed by atoms with E-state index in [1.165, 1.54) is 13.3 Å². The molecule has 1 aliphatic heterocycles. The Morgan fingerprint density at radius 2 is 1.67 bits per heavy atom. The fourth-order valence-corrected chi connectivity index (χ4v) is 4.75. The summed E-state index contributed by atoms with van der Waals surface area (Å²) in [6, 6.07) is 8.88. The molecular weight excluding hydrogens is 412 g/mol. The van der Waals surface area contributed by atoms with Gasteiger partial charge in [0.2, 0.25) is 15.9 Å². The zero-order valence-electron chi connectivity index (χ0n) is 16.9. The van der Waals surface area contributed by atoms with Gasteiger partial charge in [0.15, 0.2) is 11.6 Å². The zero-order chi connectivity index (χ0) is 21.9. The molecule has 2 aromatic carbocycles. The van der Waals surface area contributed by atoms with Crippen molar-refractivity contribution in [2.45, 2.75) is 32.2 Å². The van der Waals surface area contributed by atoms with Crippen molar-refractivity contribution in [2.75, 3.05) is 33.9 Å². The number of halogens is 2. The maximum atomic E-state index is 13.6. The van der Waals surface area contributed by atoms with Gasteiger partial charge in [-0.05, 0) is 62.6 Å². The third-order valence-electron chi connectivity index (χ3n) is 5.10. The fourth-order valence-electron chi connectivity index (χ4n) is 3.59. The van der Waals surface area contributed by atoms with Crippen molar-refractivity contribution in [3.05, 3.63) is 54.1 Å². The maximum Gasteiger partial charge on any atom is 0.247 e. The van der Waals surface area contributed by atoms with Gasteiger partial charge in [0.05, 0.1) is 11.9 Å². The summed E-state index contributed by atoms with van der Waals surface area (Å²) in [5, 5.41) is 2.69. The third-order valence-corrected chi connectivity index (χ3v) is 6.34. The molecule has 1 saturated heterocycles.